The predicted octanol–water partition coefficient (Wildman–Crippen LogP) is 1.96. The summed E-state index contributed by atoms with van der Waals surface area (Å²) in [6, 6.07) is 0. The van der Waals surface area contributed by atoms with Crippen molar-refractivity contribution in [3.8, 4) is 0 Å². The molecule has 0 fully saturated rings. The van der Waals surface area contributed by atoms with Gasteiger partial charge in [0.05, 0.1) is 16.5 Å². The Labute approximate surface area is 84.6 Å². The minimum absolute atomic E-state index is 0.00625. The average molecular weight is 214 g/mol. The molecule has 0 N–H and O–H groups in total. The molecule has 1 heterocycles. The smallest absolute Gasteiger partial charge is 0.199 e. The Hall–Kier alpha value is -0.680. The minimum Gasteiger partial charge on any atom is -0.291 e. The maximum Gasteiger partial charge on any atom is 0.199 e. The second-order valence-corrected chi connectivity index (χ2v) is 4.46. The summed E-state index contributed by atoms with van der Waals surface area (Å²) in [7, 11) is 0. The Morgan fingerprint density at radius 1 is 1.85 bits per heavy atom. The topological polar surface area (TPSA) is 47.0 Å². The summed E-state index contributed by atoms with van der Waals surface area (Å²) < 4.78 is 0. The molecule has 0 saturated heterocycles. The standard InChI is InChI=1S/C8H8NO2S2/c1-6(11)13-8(2-3-10)7-4-12-5-9-7/h4-5,8H,2H2,1H3. The zero-order chi connectivity index (χ0) is 9.68. The second kappa shape index (κ2) is 5.14. The number of hydrogen-bond acceptors (Lipinski definition) is 5. The van der Waals surface area contributed by atoms with Crippen LogP contribution < -0.4 is 0 Å². The van der Waals surface area contributed by atoms with Gasteiger partial charge >= 0.3 is 0 Å². The van der Waals surface area contributed by atoms with Crippen LogP contribution >= 0.6 is 23.1 Å². The van der Waals surface area contributed by atoms with Gasteiger partial charge in [0.1, 0.15) is 0 Å². The van der Waals surface area contributed by atoms with Crippen molar-refractivity contribution in [1.29, 1.82) is 0 Å². The van der Waals surface area contributed by atoms with Crippen LogP contribution in [0.5, 0.6) is 0 Å². The van der Waals surface area contributed by atoms with Crippen LogP contribution in [0.1, 0.15) is 24.3 Å². The average Bonchev–Trinajstić information content (AvgIpc) is 2.54. The third-order valence-corrected chi connectivity index (χ3v) is 2.99. The van der Waals surface area contributed by atoms with E-state index in [-0.39, 0.29) is 16.8 Å². The Balaban J connectivity index is 2.67. The van der Waals surface area contributed by atoms with E-state index in [4.69, 9.17) is 0 Å². The normalized spacial score (nSPS) is 12.4. The van der Waals surface area contributed by atoms with Crippen molar-refractivity contribution in [1.82, 2.24) is 4.98 Å². The summed E-state index contributed by atoms with van der Waals surface area (Å²) in [5.74, 6) is 0. The molecule has 3 nitrogen and oxygen atoms in total. The van der Waals surface area contributed by atoms with E-state index < -0.39 is 0 Å². The van der Waals surface area contributed by atoms with Crippen LogP contribution in [-0.2, 0) is 9.59 Å². The third-order valence-electron chi connectivity index (χ3n) is 1.36. The number of aromatic nitrogens is 1. The highest BCUT2D eigenvalue weighted by atomic mass is 32.2. The van der Waals surface area contributed by atoms with E-state index in [0.29, 0.717) is 0 Å². The first kappa shape index (κ1) is 10.4. The lowest BCUT2D eigenvalue weighted by Gasteiger charge is -2.06. The van der Waals surface area contributed by atoms with Crippen LogP contribution in [0.15, 0.2) is 10.9 Å². The highest BCUT2D eigenvalue weighted by Crippen LogP contribution is 2.31. The van der Waals surface area contributed by atoms with Gasteiger partial charge in [-0.05, 0) is 0 Å². The molecule has 13 heavy (non-hydrogen) atoms. The Kier molecular flexibility index (Phi) is 4.11. The number of rotatable bonds is 4. The molecule has 1 radical (unpaired) electrons. The number of carbonyl (C=O) groups is 1. The molecule has 0 aromatic carbocycles. The molecule has 0 aliphatic carbocycles. The molecular weight excluding hydrogens is 206 g/mol. The predicted molar refractivity (Wildman–Crippen MR) is 53.4 cm³/mol. The fourth-order valence-corrected chi connectivity index (χ4v) is 2.36. The van der Waals surface area contributed by atoms with E-state index in [1.807, 2.05) is 5.38 Å². The molecule has 69 valence electrons. The summed E-state index contributed by atoms with van der Waals surface area (Å²) in [6.45, 7) is 1.48. The molecule has 1 rings (SSSR count). The minimum atomic E-state index is -0.166. The first-order valence-electron chi connectivity index (χ1n) is 3.64. The fourth-order valence-electron chi connectivity index (χ4n) is 0.864. The summed E-state index contributed by atoms with van der Waals surface area (Å²) in [5, 5.41) is 1.67. The van der Waals surface area contributed by atoms with Gasteiger partial charge < -0.3 is 0 Å². The summed E-state index contributed by atoms with van der Waals surface area (Å²) in [4.78, 5) is 25.1. The first-order valence-corrected chi connectivity index (χ1v) is 5.46. The van der Waals surface area contributed by atoms with Gasteiger partial charge in [-0.25, -0.2) is 4.98 Å². The van der Waals surface area contributed by atoms with Crippen LogP contribution in [0.3, 0.4) is 0 Å². The van der Waals surface area contributed by atoms with Crippen molar-refractivity contribution in [2.75, 3.05) is 0 Å². The van der Waals surface area contributed by atoms with Crippen molar-refractivity contribution < 1.29 is 9.59 Å². The van der Waals surface area contributed by atoms with Gasteiger partial charge in [-0.2, -0.15) is 0 Å². The third kappa shape index (κ3) is 3.28. The quantitative estimate of drug-likeness (QED) is 0.768. The van der Waals surface area contributed by atoms with Crippen LogP contribution in [-0.4, -0.2) is 16.4 Å². The molecule has 0 saturated carbocycles. The molecule has 1 unspecified atom stereocenters. The lowest BCUT2D eigenvalue weighted by Crippen LogP contribution is -1.98. The monoisotopic (exact) mass is 214 g/mol. The SMILES string of the molecule is CC(=O)SC(C[C]=O)c1cscn1. The molecule has 0 aliphatic rings. The molecule has 1 atom stereocenters. The van der Waals surface area contributed by atoms with E-state index in [0.717, 1.165) is 17.5 Å². The first-order chi connectivity index (χ1) is 6.24. The van der Waals surface area contributed by atoms with Crippen molar-refractivity contribution in [3.05, 3.63) is 16.6 Å². The zero-order valence-electron chi connectivity index (χ0n) is 7.02. The van der Waals surface area contributed by atoms with E-state index >= 15 is 0 Å². The van der Waals surface area contributed by atoms with Crippen LogP contribution in [0.2, 0.25) is 0 Å². The molecular formula is C8H8NO2S2. The van der Waals surface area contributed by atoms with Crippen LogP contribution in [0, 0.1) is 0 Å². The van der Waals surface area contributed by atoms with Crippen LogP contribution in [0.4, 0.5) is 0 Å². The lowest BCUT2D eigenvalue weighted by atomic mass is 10.3. The van der Waals surface area contributed by atoms with Crippen molar-refractivity contribution >= 4 is 34.5 Å². The maximum atomic E-state index is 10.8. The Bertz CT molecular complexity index is 284. The van der Waals surface area contributed by atoms with Gasteiger partial charge in [-0.1, -0.05) is 11.8 Å². The Morgan fingerprint density at radius 3 is 3.08 bits per heavy atom. The highest BCUT2D eigenvalue weighted by molar-refractivity contribution is 8.13. The fraction of sp³-hybridized carbons (Fsp3) is 0.375. The lowest BCUT2D eigenvalue weighted by molar-refractivity contribution is -0.109. The molecule has 0 aliphatic heterocycles. The maximum absolute atomic E-state index is 10.8. The summed E-state index contributed by atoms with van der Waals surface area (Å²) in [6.07, 6.45) is 2.02. The van der Waals surface area contributed by atoms with Gasteiger partial charge in [-0.3, -0.25) is 9.59 Å². The van der Waals surface area contributed by atoms with Crippen LogP contribution in [0.25, 0.3) is 0 Å². The van der Waals surface area contributed by atoms with Gasteiger partial charge in [0.15, 0.2) is 11.4 Å². The number of hydrogen-bond donors (Lipinski definition) is 0. The van der Waals surface area contributed by atoms with Crippen molar-refractivity contribution in [2.45, 2.75) is 18.6 Å². The largest absolute Gasteiger partial charge is 0.291 e. The van der Waals surface area contributed by atoms with E-state index in [2.05, 4.69) is 4.98 Å². The number of thiazole rings is 1. The highest BCUT2D eigenvalue weighted by Gasteiger charge is 2.16. The molecule has 0 bridgehead atoms. The van der Waals surface area contributed by atoms with Gasteiger partial charge in [0.2, 0.25) is 0 Å². The molecule has 1 aromatic rings. The number of thioether (sulfide) groups is 1. The summed E-state index contributed by atoms with van der Waals surface area (Å²) in [5.41, 5.74) is 2.47. The molecule has 5 heteroatoms. The van der Waals surface area contributed by atoms with Gasteiger partial charge in [0, 0.05) is 18.7 Å². The zero-order valence-corrected chi connectivity index (χ0v) is 8.65. The number of nitrogens with zero attached hydrogens (tertiary/aromatic N) is 1. The van der Waals surface area contributed by atoms with E-state index in [9.17, 15) is 9.59 Å². The van der Waals surface area contributed by atoms with Crippen molar-refractivity contribution in [2.24, 2.45) is 0 Å². The Morgan fingerprint density at radius 2 is 2.62 bits per heavy atom. The second-order valence-electron chi connectivity index (χ2n) is 2.36. The molecule has 1 aromatic heterocycles. The van der Waals surface area contributed by atoms with Crippen molar-refractivity contribution in [3.63, 3.8) is 0 Å². The number of carbonyl (C=O) groups excluding carboxylic acids is 2. The molecule has 0 spiro atoms. The van der Waals surface area contributed by atoms with Gasteiger partial charge in [0.25, 0.3) is 0 Å². The van der Waals surface area contributed by atoms with E-state index in [1.165, 1.54) is 18.3 Å². The van der Waals surface area contributed by atoms with Gasteiger partial charge in [-0.15, -0.1) is 11.3 Å². The summed E-state index contributed by atoms with van der Waals surface area (Å²) >= 11 is 2.58. The van der Waals surface area contributed by atoms with E-state index in [1.54, 1.807) is 11.8 Å². The molecule has 0 amide bonds.